The molecule has 0 spiro atoms. The van der Waals surface area contributed by atoms with E-state index in [0.29, 0.717) is 0 Å². The van der Waals surface area contributed by atoms with Crippen molar-refractivity contribution in [1.29, 1.82) is 0 Å². The first-order chi connectivity index (χ1) is 5.11. The molecule has 0 fully saturated rings. The van der Waals surface area contributed by atoms with Crippen molar-refractivity contribution in [2.45, 2.75) is 13.0 Å². The normalized spacial score (nSPS) is 23.2. The van der Waals surface area contributed by atoms with Crippen molar-refractivity contribution in [3.63, 3.8) is 0 Å². The Kier molecular flexibility index (Phi) is 1.75. The average Bonchev–Trinajstić information content (AvgIpc) is 1.85. The minimum atomic E-state index is -1.39. The average molecular weight is 155 g/mol. The van der Waals surface area contributed by atoms with Crippen LogP contribution in [-0.2, 0) is 4.79 Å². The fourth-order valence-corrected chi connectivity index (χ4v) is 0.641. The molecule has 0 saturated carbocycles. The molecule has 11 heavy (non-hydrogen) atoms. The smallest absolute Gasteiger partial charge is 0.264 e. The van der Waals surface area contributed by atoms with E-state index in [1.54, 1.807) is 0 Å². The standard InChI is InChI=1S/C5H5N3O3/c1-3-6-2-4(8(10)11)5(9)7-3/h2,4H,1H3. The second-order valence-corrected chi connectivity index (χ2v) is 2.01. The Labute approximate surface area is 61.8 Å². The molecule has 1 aliphatic rings. The van der Waals surface area contributed by atoms with Gasteiger partial charge in [0.05, 0.1) is 6.21 Å². The lowest BCUT2D eigenvalue weighted by Crippen LogP contribution is -2.32. The zero-order valence-corrected chi connectivity index (χ0v) is 5.72. The largest absolute Gasteiger partial charge is 0.328 e. The maximum Gasteiger partial charge on any atom is 0.328 e. The van der Waals surface area contributed by atoms with Crippen LogP contribution in [0, 0.1) is 10.1 Å². The summed E-state index contributed by atoms with van der Waals surface area (Å²) in [5, 5.41) is 10.1. The lowest BCUT2D eigenvalue weighted by Gasteiger charge is -2.03. The molecule has 1 atom stereocenters. The molecule has 0 aromatic rings. The number of nitrogens with zero attached hydrogens (tertiary/aromatic N) is 3. The first kappa shape index (κ1) is 7.52. The number of amidine groups is 1. The summed E-state index contributed by atoms with van der Waals surface area (Å²) in [5.74, 6) is -0.504. The van der Waals surface area contributed by atoms with Crippen LogP contribution in [0.25, 0.3) is 0 Å². The van der Waals surface area contributed by atoms with Gasteiger partial charge in [-0.15, -0.1) is 0 Å². The second kappa shape index (κ2) is 2.57. The number of aliphatic imine (C=N–C) groups is 2. The van der Waals surface area contributed by atoms with Gasteiger partial charge in [-0.2, -0.15) is 4.99 Å². The molecule has 1 heterocycles. The predicted molar refractivity (Wildman–Crippen MR) is 37.4 cm³/mol. The Morgan fingerprint density at radius 3 is 2.82 bits per heavy atom. The molecule has 0 aliphatic carbocycles. The Balaban J connectivity index is 2.86. The van der Waals surface area contributed by atoms with Crippen LogP contribution in [-0.4, -0.2) is 28.9 Å². The quantitative estimate of drug-likeness (QED) is 0.383. The summed E-state index contributed by atoms with van der Waals surface area (Å²) in [7, 11) is 0. The zero-order valence-electron chi connectivity index (χ0n) is 5.72. The van der Waals surface area contributed by atoms with Crippen molar-refractivity contribution in [1.82, 2.24) is 0 Å². The Hall–Kier alpha value is -1.59. The van der Waals surface area contributed by atoms with E-state index in [0.717, 1.165) is 6.21 Å². The molecule has 58 valence electrons. The van der Waals surface area contributed by atoms with Crippen LogP contribution in [0.1, 0.15) is 6.92 Å². The van der Waals surface area contributed by atoms with Gasteiger partial charge in [0, 0.05) is 4.92 Å². The van der Waals surface area contributed by atoms with Gasteiger partial charge < -0.3 is 0 Å². The monoisotopic (exact) mass is 155 g/mol. The summed E-state index contributed by atoms with van der Waals surface area (Å²) in [6.45, 7) is 1.50. The summed E-state index contributed by atoms with van der Waals surface area (Å²) in [5.41, 5.74) is 0. The minimum absolute atomic E-state index is 0.258. The van der Waals surface area contributed by atoms with E-state index in [4.69, 9.17) is 0 Å². The fraction of sp³-hybridized carbons (Fsp3) is 0.400. The van der Waals surface area contributed by atoms with Gasteiger partial charge in [-0.25, -0.2) is 4.99 Å². The van der Waals surface area contributed by atoms with E-state index >= 15 is 0 Å². The van der Waals surface area contributed by atoms with Crippen LogP contribution in [0.4, 0.5) is 0 Å². The maximum atomic E-state index is 10.7. The summed E-state index contributed by atoms with van der Waals surface area (Å²) in [6.07, 6.45) is 0.991. The van der Waals surface area contributed by atoms with Crippen LogP contribution >= 0.6 is 0 Å². The van der Waals surface area contributed by atoms with Crippen molar-refractivity contribution >= 4 is 18.0 Å². The Bertz CT molecular complexity index is 268. The highest BCUT2D eigenvalue weighted by Gasteiger charge is 2.29. The highest BCUT2D eigenvalue weighted by atomic mass is 16.6. The maximum absolute atomic E-state index is 10.7. The summed E-state index contributed by atoms with van der Waals surface area (Å²) >= 11 is 0. The number of carbonyl (C=O) groups excluding carboxylic acids is 1. The first-order valence-corrected chi connectivity index (χ1v) is 2.88. The third-order valence-electron chi connectivity index (χ3n) is 1.15. The van der Waals surface area contributed by atoms with Gasteiger partial charge in [0.2, 0.25) is 0 Å². The third kappa shape index (κ3) is 1.46. The van der Waals surface area contributed by atoms with Crippen molar-refractivity contribution in [2.75, 3.05) is 0 Å². The van der Waals surface area contributed by atoms with Crippen LogP contribution in [0.5, 0.6) is 0 Å². The second-order valence-electron chi connectivity index (χ2n) is 2.01. The van der Waals surface area contributed by atoms with Crippen LogP contribution in [0.15, 0.2) is 9.98 Å². The van der Waals surface area contributed by atoms with Gasteiger partial charge in [-0.3, -0.25) is 14.9 Å². The lowest BCUT2D eigenvalue weighted by atomic mass is 10.3. The third-order valence-corrected chi connectivity index (χ3v) is 1.15. The zero-order chi connectivity index (χ0) is 8.43. The van der Waals surface area contributed by atoms with Gasteiger partial charge in [0.1, 0.15) is 5.84 Å². The molecule has 0 bridgehead atoms. The molecule has 1 aliphatic heterocycles. The first-order valence-electron chi connectivity index (χ1n) is 2.88. The van der Waals surface area contributed by atoms with E-state index in [2.05, 4.69) is 9.98 Å². The highest BCUT2D eigenvalue weighted by Crippen LogP contribution is 1.98. The number of rotatable bonds is 1. The van der Waals surface area contributed by atoms with Crippen LogP contribution in [0.2, 0.25) is 0 Å². The lowest BCUT2D eigenvalue weighted by molar-refractivity contribution is -0.487. The van der Waals surface area contributed by atoms with E-state index in [9.17, 15) is 14.9 Å². The van der Waals surface area contributed by atoms with Gasteiger partial charge in [0.25, 0.3) is 0 Å². The molecular formula is C5H5N3O3. The molecule has 1 amide bonds. The van der Waals surface area contributed by atoms with Crippen LogP contribution in [0.3, 0.4) is 0 Å². The van der Waals surface area contributed by atoms with Gasteiger partial charge in [0.15, 0.2) is 0 Å². The van der Waals surface area contributed by atoms with E-state index < -0.39 is 16.9 Å². The summed E-state index contributed by atoms with van der Waals surface area (Å²) in [6, 6.07) is -1.39. The number of nitro groups is 1. The molecule has 0 radical (unpaired) electrons. The fourth-order valence-electron chi connectivity index (χ4n) is 0.641. The number of carbonyl (C=O) groups is 1. The van der Waals surface area contributed by atoms with Crippen LogP contribution < -0.4 is 0 Å². The molecule has 0 aromatic carbocycles. The van der Waals surface area contributed by atoms with Crippen molar-refractivity contribution in [3.05, 3.63) is 10.1 Å². The van der Waals surface area contributed by atoms with E-state index in [1.807, 2.05) is 0 Å². The Morgan fingerprint density at radius 2 is 2.36 bits per heavy atom. The molecule has 1 rings (SSSR count). The highest BCUT2D eigenvalue weighted by molar-refractivity contribution is 6.09. The molecule has 6 nitrogen and oxygen atoms in total. The van der Waals surface area contributed by atoms with Crippen molar-refractivity contribution < 1.29 is 9.72 Å². The summed E-state index contributed by atoms with van der Waals surface area (Å²) < 4.78 is 0. The van der Waals surface area contributed by atoms with Gasteiger partial charge in [-0.1, -0.05) is 0 Å². The Morgan fingerprint density at radius 1 is 1.73 bits per heavy atom. The van der Waals surface area contributed by atoms with Crippen molar-refractivity contribution in [2.24, 2.45) is 9.98 Å². The summed E-state index contributed by atoms with van der Waals surface area (Å²) in [4.78, 5) is 27.0. The minimum Gasteiger partial charge on any atom is -0.264 e. The molecule has 0 saturated heterocycles. The SMILES string of the molecule is CC1=NC(=O)C([N+](=O)[O-])C=N1. The molecule has 6 heteroatoms. The van der Waals surface area contributed by atoms with Gasteiger partial charge in [-0.05, 0) is 6.92 Å². The van der Waals surface area contributed by atoms with E-state index in [1.165, 1.54) is 6.92 Å². The predicted octanol–water partition coefficient (Wildman–Crippen LogP) is -0.339. The van der Waals surface area contributed by atoms with Gasteiger partial charge >= 0.3 is 11.9 Å². The molecular weight excluding hydrogens is 150 g/mol. The number of hydrogen-bond acceptors (Lipinski definition) is 4. The molecule has 0 aromatic heterocycles. The molecule has 0 N–H and O–H groups in total. The molecule has 1 unspecified atom stereocenters. The number of amides is 1. The van der Waals surface area contributed by atoms with Crippen molar-refractivity contribution in [3.8, 4) is 0 Å². The topological polar surface area (TPSA) is 84.9 Å². The van der Waals surface area contributed by atoms with E-state index in [-0.39, 0.29) is 5.84 Å². The number of hydrogen-bond donors (Lipinski definition) is 0.